The number of nitrogens with two attached hydrogens (primary N) is 1. The van der Waals surface area contributed by atoms with Crippen molar-refractivity contribution in [3.05, 3.63) is 0 Å². The Morgan fingerprint density at radius 2 is 1.85 bits per heavy atom. The summed E-state index contributed by atoms with van der Waals surface area (Å²) in [6, 6.07) is 0. The molecular formula is C9H19NO3. The van der Waals surface area contributed by atoms with Crippen LogP contribution in [0, 0.1) is 0 Å². The third-order valence-corrected chi connectivity index (χ3v) is 1.89. The van der Waals surface area contributed by atoms with E-state index in [4.69, 9.17) is 15.2 Å². The summed E-state index contributed by atoms with van der Waals surface area (Å²) in [6.45, 7) is 0. The maximum absolute atomic E-state index is 10.4. The molecule has 0 bridgehead atoms. The topological polar surface area (TPSA) is 61.5 Å². The summed E-state index contributed by atoms with van der Waals surface area (Å²) in [6.07, 6.45) is 4.08. The van der Waals surface area contributed by atoms with Crippen LogP contribution in [-0.2, 0) is 14.3 Å². The molecule has 78 valence electrons. The second-order valence-electron chi connectivity index (χ2n) is 2.97. The number of amides is 1. The Balaban J connectivity index is 3.19. The summed E-state index contributed by atoms with van der Waals surface area (Å²) >= 11 is 0. The first-order valence-electron chi connectivity index (χ1n) is 4.54. The van der Waals surface area contributed by atoms with Gasteiger partial charge in [-0.3, -0.25) is 4.79 Å². The largest absolute Gasteiger partial charge is 0.370 e. The van der Waals surface area contributed by atoms with Crippen molar-refractivity contribution < 1.29 is 14.3 Å². The molecule has 0 aliphatic heterocycles. The molecule has 0 saturated carbocycles. The quantitative estimate of drug-likeness (QED) is 0.458. The minimum Gasteiger partial charge on any atom is -0.370 e. The number of rotatable bonds is 8. The summed E-state index contributed by atoms with van der Waals surface area (Å²) in [5.74, 6) is -0.227. The molecule has 0 rings (SSSR count). The van der Waals surface area contributed by atoms with Gasteiger partial charge in [0.25, 0.3) is 0 Å². The van der Waals surface area contributed by atoms with E-state index < -0.39 is 0 Å². The Bertz CT molecular complexity index is 135. The molecule has 0 fully saturated rings. The molecule has 0 heterocycles. The van der Waals surface area contributed by atoms with Crippen molar-refractivity contribution >= 4 is 5.91 Å². The predicted octanol–water partition coefficient (Wildman–Crippen LogP) is 1.04. The molecule has 0 aliphatic carbocycles. The number of methoxy groups -OCH3 is 2. The van der Waals surface area contributed by atoms with E-state index in [0.29, 0.717) is 6.42 Å². The van der Waals surface area contributed by atoms with E-state index >= 15 is 0 Å². The molecule has 0 aromatic rings. The summed E-state index contributed by atoms with van der Waals surface area (Å²) in [5.41, 5.74) is 5.00. The third-order valence-electron chi connectivity index (χ3n) is 1.89. The molecule has 0 aromatic carbocycles. The second kappa shape index (κ2) is 8.01. The lowest BCUT2D eigenvalue weighted by molar-refractivity contribution is -0.118. The van der Waals surface area contributed by atoms with Crippen molar-refractivity contribution in [1.29, 1.82) is 0 Å². The highest BCUT2D eigenvalue weighted by Crippen LogP contribution is 2.07. The molecule has 4 heteroatoms. The van der Waals surface area contributed by atoms with Gasteiger partial charge in [0.2, 0.25) is 5.91 Å². The molecule has 0 unspecified atom stereocenters. The van der Waals surface area contributed by atoms with E-state index in [1.165, 1.54) is 0 Å². The fraction of sp³-hybridized carbons (Fsp3) is 0.889. The van der Waals surface area contributed by atoms with Crippen LogP contribution in [0.5, 0.6) is 0 Å². The Labute approximate surface area is 79.4 Å². The molecule has 2 N–H and O–H groups in total. The van der Waals surface area contributed by atoms with Gasteiger partial charge in [0.1, 0.15) is 0 Å². The van der Waals surface area contributed by atoms with Crippen molar-refractivity contribution in [3.8, 4) is 0 Å². The van der Waals surface area contributed by atoms with Gasteiger partial charge < -0.3 is 15.2 Å². The SMILES string of the molecule is COC(CCCCCC(N)=O)OC. The number of hydrogen-bond acceptors (Lipinski definition) is 3. The number of unbranched alkanes of at least 4 members (excludes halogenated alkanes) is 2. The van der Waals surface area contributed by atoms with Crippen LogP contribution in [0.3, 0.4) is 0 Å². The monoisotopic (exact) mass is 189 g/mol. The van der Waals surface area contributed by atoms with Gasteiger partial charge in [-0.2, -0.15) is 0 Å². The molecule has 0 aromatic heterocycles. The van der Waals surface area contributed by atoms with Crippen LogP contribution in [0.4, 0.5) is 0 Å². The van der Waals surface area contributed by atoms with Gasteiger partial charge in [-0.25, -0.2) is 0 Å². The van der Waals surface area contributed by atoms with Crippen LogP contribution in [0.2, 0.25) is 0 Å². The summed E-state index contributed by atoms with van der Waals surface area (Å²) in [5, 5.41) is 0. The van der Waals surface area contributed by atoms with Gasteiger partial charge in [-0.15, -0.1) is 0 Å². The second-order valence-corrected chi connectivity index (χ2v) is 2.97. The van der Waals surface area contributed by atoms with Gasteiger partial charge >= 0.3 is 0 Å². The van der Waals surface area contributed by atoms with Crippen molar-refractivity contribution in [2.45, 2.75) is 38.4 Å². The lowest BCUT2D eigenvalue weighted by Gasteiger charge is -2.12. The number of ether oxygens (including phenoxy) is 2. The van der Waals surface area contributed by atoms with Gasteiger partial charge in [0.15, 0.2) is 6.29 Å². The molecule has 0 saturated heterocycles. The highest BCUT2D eigenvalue weighted by molar-refractivity contribution is 5.73. The van der Waals surface area contributed by atoms with E-state index in [-0.39, 0.29) is 12.2 Å². The predicted molar refractivity (Wildman–Crippen MR) is 50.1 cm³/mol. The highest BCUT2D eigenvalue weighted by Gasteiger charge is 2.03. The molecule has 4 nitrogen and oxygen atoms in total. The number of carbonyl (C=O) groups is 1. The molecule has 0 radical (unpaired) electrons. The van der Waals surface area contributed by atoms with Crippen molar-refractivity contribution in [3.63, 3.8) is 0 Å². The van der Waals surface area contributed by atoms with Crippen LogP contribution in [0.1, 0.15) is 32.1 Å². The molecule has 13 heavy (non-hydrogen) atoms. The Morgan fingerprint density at radius 3 is 2.31 bits per heavy atom. The third kappa shape index (κ3) is 7.74. The number of carbonyl (C=O) groups excluding carboxylic acids is 1. The lowest BCUT2D eigenvalue weighted by atomic mass is 10.1. The summed E-state index contributed by atoms with van der Waals surface area (Å²) in [7, 11) is 3.25. The van der Waals surface area contributed by atoms with Gasteiger partial charge in [0.05, 0.1) is 0 Å². The van der Waals surface area contributed by atoms with Crippen molar-refractivity contribution in [1.82, 2.24) is 0 Å². The normalized spacial score (nSPS) is 10.7. The lowest BCUT2D eigenvalue weighted by Crippen LogP contribution is -2.13. The van der Waals surface area contributed by atoms with Crippen LogP contribution in [0.25, 0.3) is 0 Å². The number of hydrogen-bond donors (Lipinski definition) is 1. The minimum absolute atomic E-state index is 0.117. The van der Waals surface area contributed by atoms with Crippen LogP contribution < -0.4 is 5.73 Å². The highest BCUT2D eigenvalue weighted by atomic mass is 16.7. The first-order chi connectivity index (χ1) is 6.20. The minimum atomic E-state index is -0.227. The van der Waals surface area contributed by atoms with E-state index in [1.54, 1.807) is 14.2 Å². The van der Waals surface area contributed by atoms with Crippen LogP contribution in [-0.4, -0.2) is 26.4 Å². The summed E-state index contributed by atoms with van der Waals surface area (Å²) < 4.78 is 10.0. The molecule has 0 spiro atoms. The van der Waals surface area contributed by atoms with E-state index in [1.807, 2.05) is 0 Å². The van der Waals surface area contributed by atoms with E-state index in [9.17, 15) is 4.79 Å². The first-order valence-corrected chi connectivity index (χ1v) is 4.54. The Morgan fingerprint density at radius 1 is 1.23 bits per heavy atom. The zero-order valence-electron chi connectivity index (χ0n) is 8.41. The molecular weight excluding hydrogens is 170 g/mol. The van der Waals surface area contributed by atoms with Crippen LogP contribution >= 0.6 is 0 Å². The van der Waals surface area contributed by atoms with E-state index in [2.05, 4.69) is 0 Å². The maximum Gasteiger partial charge on any atom is 0.217 e. The average molecular weight is 189 g/mol. The van der Waals surface area contributed by atoms with Gasteiger partial charge in [-0.05, 0) is 19.3 Å². The maximum atomic E-state index is 10.4. The van der Waals surface area contributed by atoms with Gasteiger partial charge in [-0.1, -0.05) is 6.42 Å². The summed E-state index contributed by atoms with van der Waals surface area (Å²) in [4.78, 5) is 10.4. The van der Waals surface area contributed by atoms with Crippen molar-refractivity contribution in [2.24, 2.45) is 5.73 Å². The van der Waals surface area contributed by atoms with Crippen molar-refractivity contribution in [2.75, 3.05) is 14.2 Å². The fourth-order valence-corrected chi connectivity index (χ4v) is 1.12. The molecule has 0 aliphatic rings. The Hall–Kier alpha value is -0.610. The number of primary amides is 1. The zero-order valence-corrected chi connectivity index (χ0v) is 8.41. The smallest absolute Gasteiger partial charge is 0.217 e. The average Bonchev–Trinajstić information content (AvgIpc) is 2.11. The standard InChI is InChI=1S/C9H19NO3/c1-12-9(13-2)7-5-3-4-6-8(10)11/h9H,3-7H2,1-2H3,(H2,10,11). The zero-order chi connectivity index (χ0) is 10.1. The molecule has 1 amide bonds. The van der Waals surface area contributed by atoms with Gasteiger partial charge in [0, 0.05) is 20.6 Å². The first kappa shape index (κ1) is 12.4. The molecule has 0 atom stereocenters. The van der Waals surface area contributed by atoms with E-state index in [0.717, 1.165) is 25.7 Å². The Kier molecular flexibility index (Phi) is 7.63. The van der Waals surface area contributed by atoms with Crippen LogP contribution in [0.15, 0.2) is 0 Å². The fourth-order valence-electron chi connectivity index (χ4n) is 1.12.